The van der Waals surface area contributed by atoms with Gasteiger partial charge in [-0.15, -0.1) is 11.3 Å². The second kappa shape index (κ2) is 15.1. The van der Waals surface area contributed by atoms with Crippen molar-refractivity contribution in [3.05, 3.63) is 77.3 Å². The number of hydrogen-bond donors (Lipinski definition) is 2. The van der Waals surface area contributed by atoms with E-state index in [9.17, 15) is 19.5 Å². The van der Waals surface area contributed by atoms with Crippen molar-refractivity contribution in [3.63, 3.8) is 0 Å². The lowest BCUT2D eigenvalue weighted by molar-refractivity contribution is -0.144. The van der Waals surface area contributed by atoms with Crippen molar-refractivity contribution >= 4 is 40.1 Å². The van der Waals surface area contributed by atoms with Gasteiger partial charge >= 0.3 is 12.0 Å². The zero-order valence-corrected chi connectivity index (χ0v) is 31.2. The number of urea groups is 1. The van der Waals surface area contributed by atoms with E-state index in [1.54, 1.807) is 24.0 Å². The lowest BCUT2D eigenvalue weighted by Crippen LogP contribution is -2.55. The fourth-order valence-corrected chi connectivity index (χ4v) is 8.11. The van der Waals surface area contributed by atoms with Crippen molar-refractivity contribution in [2.75, 3.05) is 27.3 Å². The number of pyridine rings is 1. The van der Waals surface area contributed by atoms with E-state index in [0.29, 0.717) is 42.2 Å². The molecule has 2 aromatic heterocycles. The number of carbonyl (C=O) groups excluding carboxylic acids is 2. The van der Waals surface area contributed by atoms with Gasteiger partial charge in [0.2, 0.25) is 5.91 Å². The van der Waals surface area contributed by atoms with Gasteiger partial charge in [0.1, 0.15) is 45.6 Å². The number of aliphatic carboxylic acids is 1. The largest absolute Gasteiger partial charge is 0.497 e. The summed E-state index contributed by atoms with van der Waals surface area (Å²) in [7, 11) is 3.21. The number of hydrogen-bond acceptors (Lipinski definition) is 9. The Morgan fingerprint density at radius 1 is 1.06 bits per heavy atom. The minimum atomic E-state index is -1.40. The molecule has 1 aliphatic carbocycles. The zero-order chi connectivity index (χ0) is 37.3. The van der Waals surface area contributed by atoms with Crippen LogP contribution in [-0.4, -0.2) is 87.8 Å². The van der Waals surface area contributed by atoms with E-state index in [1.807, 2.05) is 66.1 Å². The van der Waals surface area contributed by atoms with Crippen molar-refractivity contribution in [1.82, 2.24) is 25.1 Å². The molecule has 1 saturated heterocycles. The third-order valence-electron chi connectivity index (χ3n) is 10.4. The van der Waals surface area contributed by atoms with Gasteiger partial charge in [0.25, 0.3) is 0 Å². The van der Waals surface area contributed by atoms with Crippen molar-refractivity contribution < 1.29 is 33.7 Å². The molecule has 1 saturated carbocycles. The molecule has 7 rings (SSSR count). The molecule has 2 aromatic carbocycles. The lowest BCUT2D eigenvalue weighted by atomic mass is 10.1. The maximum atomic E-state index is 14.6. The summed E-state index contributed by atoms with van der Waals surface area (Å²) in [6.07, 6.45) is 6.13. The molecule has 2 aliphatic heterocycles. The van der Waals surface area contributed by atoms with Crippen LogP contribution in [-0.2, 0) is 16.1 Å². The molecule has 3 aliphatic rings. The molecule has 2 N–H and O–H groups in total. The van der Waals surface area contributed by atoms with Crippen LogP contribution in [0.2, 0.25) is 0 Å². The Morgan fingerprint density at radius 3 is 2.55 bits per heavy atom. The average Bonchev–Trinajstić information content (AvgIpc) is 3.44. The van der Waals surface area contributed by atoms with Crippen molar-refractivity contribution in [2.24, 2.45) is 5.92 Å². The van der Waals surface area contributed by atoms with Gasteiger partial charge in [0, 0.05) is 48.3 Å². The number of ether oxygens (including phenoxy) is 3. The van der Waals surface area contributed by atoms with E-state index in [0.717, 1.165) is 46.7 Å². The molecule has 0 spiro atoms. The van der Waals surface area contributed by atoms with Gasteiger partial charge in [-0.05, 0) is 61.4 Å². The predicted octanol–water partition coefficient (Wildman–Crippen LogP) is 6.64. The molecule has 3 amide bonds. The number of nitrogens with zero attached hydrogens (tertiary/aromatic N) is 4. The molecular weight excluding hydrogens is 695 g/mol. The van der Waals surface area contributed by atoms with Gasteiger partial charge in [0.15, 0.2) is 0 Å². The van der Waals surface area contributed by atoms with E-state index < -0.39 is 29.6 Å². The molecule has 278 valence electrons. The maximum Gasteiger partial charge on any atom is 0.330 e. The molecule has 0 radical (unpaired) electrons. The number of fused-ring (bicyclic) bond motifs is 3. The first-order chi connectivity index (χ1) is 25.6. The van der Waals surface area contributed by atoms with Crippen LogP contribution in [0.15, 0.2) is 66.1 Å². The lowest BCUT2D eigenvalue weighted by Gasteiger charge is -2.32. The highest BCUT2D eigenvalue weighted by Gasteiger charge is 2.61. The summed E-state index contributed by atoms with van der Waals surface area (Å²) in [5, 5.41) is 16.6. The Bertz CT molecular complexity index is 2030. The number of thiazole rings is 1. The third kappa shape index (κ3) is 7.53. The third-order valence-corrected chi connectivity index (χ3v) is 11.3. The summed E-state index contributed by atoms with van der Waals surface area (Å²) in [4.78, 5) is 54.4. The fraction of sp³-hybridized carbons (Fsp3) is 0.425. The smallest absolute Gasteiger partial charge is 0.330 e. The van der Waals surface area contributed by atoms with Gasteiger partial charge in [-0.1, -0.05) is 38.1 Å². The van der Waals surface area contributed by atoms with Gasteiger partial charge in [-0.2, -0.15) is 0 Å². The molecule has 12 nitrogen and oxygen atoms in total. The monoisotopic (exact) mass is 739 g/mol. The molecule has 0 bridgehead atoms. The zero-order valence-electron chi connectivity index (χ0n) is 30.4. The van der Waals surface area contributed by atoms with Crippen LogP contribution in [0, 0.1) is 5.92 Å². The standard InChI is InChI=1S/C40H45N5O7S/c1-24(2)33-23-53-37(42-33)32-19-35(30-15-14-28(51-4)17-31(30)41-32)52-29-18-34-36(46)43-40(38(47)48)20-26(40)9-7-5-6-8-16-44(39(49)45(34)22-29)21-25-10-12-27(50-3)13-11-25/h7,9-15,17,19,23-24,26,29,34H,5-6,8,16,18,20-22H2,1-4H3,(H,43,46)(H,47,48)/t26-,29-,34+,40-/m1/s1. The number of amides is 3. The molecule has 13 heteroatoms. The molecule has 4 atom stereocenters. The molecule has 4 heterocycles. The van der Waals surface area contributed by atoms with E-state index in [1.165, 1.54) is 11.3 Å². The molecule has 53 heavy (non-hydrogen) atoms. The first kappa shape index (κ1) is 36.2. The Hall–Kier alpha value is -5.17. The first-order valence-corrected chi connectivity index (χ1v) is 19.0. The van der Waals surface area contributed by atoms with Crippen molar-refractivity contribution in [3.8, 4) is 28.0 Å². The number of carboxylic acid groups (broad SMARTS) is 1. The Labute approximate surface area is 312 Å². The van der Waals surface area contributed by atoms with Gasteiger partial charge < -0.3 is 34.4 Å². The Morgan fingerprint density at radius 2 is 1.83 bits per heavy atom. The number of nitrogens with one attached hydrogen (secondary N) is 1. The summed E-state index contributed by atoms with van der Waals surface area (Å²) >= 11 is 1.51. The van der Waals surface area contributed by atoms with Crippen LogP contribution in [0.4, 0.5) is 4.79 Å². The highest BCUT2D eigenvalue weighted by molar-refractivity contribution is 7.13. The number of carboxylic acids is 1. The second-order valence-corrected chi connectivity index (χ2v) is 15.2. The first-order valence-electron chi connectivity index (χ1n) is 18.1. The van der Waals surface area contributed by atoms with Crippen molar-refractivity contribution in [1.29, 1.82) is 0 Å². The van der Waals surface area contributed by atoms with Crippen LogP contribution >= 0.6 is 11.3 Å². The number of aromatic nitrogens is 2. The average molecular weight is 740 g/mol. The summed E-state index contributed by atoms with van der Waals surface area (Å²) in [5.74, 6) is 0.275. The van der Waals surface area contributed by atoms with E-state index >= 15 is 0 Å². The number of benzene rings is 2. The molecule has 0 unspecified atom stereocenters. The maximum absolute atomic E-state index is 14.6. The highest BCUT2D eigenvalue weighted by atomic mass is 32.1. The predicted molar refractivity (Wildman–Crippen MR) is 201 cm³/mol. The van der Waals surface area contributed by atoms with E-state index in [4.69, 9.17) is 24.2 Å². The van der Waals surface area contributed by atoms with E-state index in [-0.39, 0.29) is 30.8 Å². The molecule has 2 fully saturated rings. The summed E-state index contributed by atoms with van der Waals surface area (Å²) in [6.45, 7) is 5.14. The van der Waals surface area contributed by atoms with Crippen LogP contribution in [0.1, 0.15) is 63.1 Å². The minimum Gasteiger partial charge on any atom is -0.497 e. The Kier molecular flexibility index (Phi) is 10.3. The second-order valence-electron chi connectivity index (χ2n) is 14.3. The molecule has 4 aromatic rings. The minimum absolute atomic E-state index is 0.128. The van der Waals surface area contributed by atoms with Crippen molar-refractivity contribution in [2.45, 2.75) is 76.1 Å². The van der Waals surface area contributed by atoms with Crippen LogP contribution < -0.4 is 19.5 Å². The summed E-state index contributed by atoms with van der Waals surface area (Å²) in [5.41, 5.74) is 1.80. The van der Waals surface area contributed by atoms with E-state index in [2.05, 4.69) is 19.2 Å². The number of allylic oxidation sites excluding steroid dienone is 1. The SMILES string of the molecule is COc1ccc(CN2CCCCC=C[C@@H]3C[C@@]3(C(=O)O)NC(=O)[C@@H]3C[C@@H](Oc4cc(-c5nc(C(C)C)cs5)nc5cc(OC)ccc45)CN3C2=O)cc1. The van der Waals surface area contributed by atoms with Crippen LogP contribution in [0.3, 0.4) is 0 Å². The fourth-order valence-electron chi connectivity index (χ4n) is 7.17. The quantitative estimate of drug-likeness (QED) is 0.181. The summed E-state index contributed by atoms with van der Waals surface area (Å²) in [6, 6.07) is 13.8. The van der Waals surface area contributed by atoms with Gasteiger partial charge in [0.05, 0.1) is 32.0 Å². The highest BCUT2D eigenvalue weighted by Crippen LogP contribution is 2.45. The number of rotatable bonds is 9. The normalized spacial score (nSPS) is 23.3. The van der Waals surface area contributed by atoms with Crippen LogP contribution in [0.25, 0.3) is 21.6 Å². The van der Waals surface area contributed by atoms with Crippen LogP contribution in [0.5, 0.6) is 17.2 Å². The summed E-state index contributed by atoms with van der Waals surface area (Å²) < 4.78 is 17.6. The topological polar surface area (TPSA) is 143 Å². The van der Waals surface area contributed by atoms with Gasteiger partial charge in [-0.3, -0.25) is 4.79 Å². The van der Waals surface area contributed by atoms with Gasteiger partial charge in [-0.25, -0.2) is 19.6 Å². The molecular formula is C40H45N5O7S. The Balaban J connectivity index is 1.23. The number of methoxy groups -OCH3 is 2. The number of carbonyl (C=O) groups is 3.